The number of amides is 1. The van der Waals surface area contributed by atoms with Crippen LogP contribution in [-0.4, -0.2) is 39.5 Å². The number of carbonyl (C=O) groups excluding carboxylic acids is 1. The maximum Gasteiger partial charge on any atom is 0.326 e. The van der Waals surface area contributed by atoms with Crippen molar-refractivity contribution < 1.29 is 19.4 Å². The van der Waals surface area contributed by atoms with E-state index in [1.807, 2.05) is 49.4 Å². The predicted octanol–water partition coefficient (Wildman–Crippen LogP) is 6.31. The highest BCUT2D eigenvalue weighted by atomic mass is 32.2. The van der Waals surface area contributed by atoms with Crippen LogP contribution in [0.2, 0.25) is 0 Å². The molecule has 1 amide bonds. The van der Waals surface area contributed by atoms with Gasteiger partial charge in [0.2, 0.25) is 5.91 Å². The lowest BCUT2D eigenvalue weighted by molar-refractivity contribution is -0.149. The van der Waals surface area contributed by atoms with E-state index in [-0.39, 0.29) is 12.5 Å². The van der Waals surface area contributed by atoms with E-state index < -0.39 is 12.0 Å². The largest absolute Gasteiger partial charge is 0.493 e. The number of nitrogens with zero attached hydrogens (tertiary/aromatic N) is 2. The van der Waals surface area contributed by atoms with Crippen LogP contribution < -0.4 is 4.74 Å². The van der Waals surface area contributed by atoms with Gasteiger partial charge in [0.1, 0.15) is 11.8 Å². The molecule has 0 saturated heterocycles. The molecule has 1 aliphatic rings. The fraction of sp³-hybridized carbons (Fsp3) is 0.345. The van der Waals surface area contributed by atoms with Gasteiger partial charge in [0.15, 0.2) is 4.34 Å². The zero-order valence-corrected chi connectivity index (χ0v) is 22.8. The lowest BCUT2D eigenvalue weighted by atomic mass is 9.93. The van der Waals surface area contributed by atoms with Gasteiger partial charge >= 0.3 is 5.97 Å². The number of carboxylic acids is 1. The van der Waals surface area contributed by atoms with Crippen molar-refractivity contribution in [1.29, 1.82) is 0 Å². The average molecular weight is 537 g/mol. The summed E-state index contributed by atoms with van der Waals surface area (Å²) in [4.78, 5) is 33.2. The van der Waals surface area contributed by atoms with Gasteiger partial charge in [-0.3, -0.25) is 4.79 Å². The number of rotatable bonds is 11. The molecule has 0 radical (unpaired) electrons. The smallest absolute Gasteiger partial charge is 0.326 e. The van der Waals surface area contributed by atoms with Crippen LogP contribution in [0.3, 0.4) is 0 Å². The van der Waals surface area contributed by atoms with Crippen LogP contribution in [0, 0.1) is 6.92 Å². The van der Waals surface area contributed by atoms with Gasteiger partial charge in [-0.1, -0.05) is 61.9 Å². The molecule has 2 aromatic carbocycles. The normalized spacial score (nSPS) is 15.1. The Morgan fingerprint density at radius 2 is 2.03 bits per heavy atom. The van der Waals surface area contributed by atoms with E-state index in [9.17, 15) is 14.7 Å². The highest BCUT2D eigenvalue weighted by molar-refractivity contribution is 8.01. The number of unbranched alkanes of at least 4 members (excludes halogenated alkanes) is 2. The van der Waals surface area contributed by atoms with Gasteiger partial charge in [0.25, 0.3) is 0 Å². The van der Waals surface area contributed by atoms with Gasteiger partial charge in [-0.2, -0.15) is 0 Å². The van der Waals surface area contributed by atoms with Crippen molar-refractivity contribution in [2.45, 2.75) is 67.8 Å². The summed E-state index contributed by atoms with van der Waals surface area (Å²) in [5.74, 6) is -0.518. The first kappa shape index (κ1) is 26.9. The molecule has 0 fully saturated rings. The first-order chi connectivity index (χ1) is 17.9. The van der Waals surface area contributed by atoms with E-state index >= 15 is 0 Å². The molecule has 37 heavy (non-hydrogen) atoms. The maximum atomic E-state index is 12.8. The average Bonchev–Trinajstić information content (AvgIpc) is 3.24. The maximum absolute atomic E-state index is 12.8. The number of ether oxygens (including phenoxy) is 1. The second-order valence-corrected chi connectivity index (χ2v) is 11.4. The van der Waals surface area contributed by atoms with Crippen molar-refractivity contribution >= 4 is 35.0 Å². The summed E-state index contributed by atoms with van der Waals surface area (Å²) in [5, 5.41) is 9.73. The number of benzene rings is 2. The van der Waals surface area contributed by atoms with Crippen molar-refractivity contribution in [1.82, 2.24) is 9.88 Å². The highest BCUT2D eigenvalue weighted by Gasteiger charge is 2.33. The van der Waals surface area contributed by atoms with Crippen molar-refractivity contribution in [2.24, 2.45) is 0 Å². The van der Waals surface area contributed by atoms with Crippen LogP contribution in [0.15, 0.2) is 69.9 Å². The molecule has 0 saturated carbocycles. The van der Waals surface area contributed by atoms with Gasteiger partial charge < -0.3 is 14.7 Å². The zero-order valence-electron chi connectivity index (χ0n) is 21.2. The summed E-state index contributed by atoms with van der Waals surface area (Å²) in [6, 6.07) is 15.1. The zero-order chi connectivity index (χ0) is 26.2. The second-order valence-electron chi connectivity index (χ2n) is 9.00. The summed E-state index contributed by atoms with van der Waals surface area (Å²) in [6.07, 6.45) is 7.26. The standard InChI is InChI=1S/C29H32N2O4S2/c1-3-4-5-9-12-27(32)31-19-22-17-23(14-13-21(22)18-25(31)28(33)34)35-16-15-26-20(2)30-29(37-26)36-24-10-7-6-8-11-24/h6-14,17,25H,3-5,15-16,18-19H2,1-2H3,(H,33,34)/b12-9+/t25-/m0/s1. The molecular formula is C29H32N2O4S2. The Morgan fingerprint density at radius 3 is 2.78 bits per heavy atom. The molecule has 1 atom stereocenters. The van der Waals surface area contributed by atoms with Gasteiger partial charge in [-0.25, -0.2) is 9.78 Å². The Balaban J connectivity index is 1.38. The second kappa shape index (κ2) is 12.9. The Hall–Kier alpha value is -3.10. The number of carbonyl (C=O) groups is 2. The summed E-state index contributed by atoms with van der Waals surface area (Å²) < 4.78 is 7.08. The fourth-order valence-corrected chi connectivity index (χ4v) is 6.44. The Labute approximate surface area is 226 Å². The molecule has 0 spiro atoms. The first-order valence-corrected chi connectivity index (χ1v) is 14.2. The summed E-state index contributed by atoms with van der Waals surface area (Å²) in [7, 11) is 0. The lowest BCUT2D eigenvalue weighted by Gasteiger charge is -2.34. The fourth-order valence-electron chi connectivity index (χ4n) is 4.23. The number of aryl methyl sites for hydroxylation is 1. The minimum atomic E-state index is -0.981. The molecule has 8 heteroatoms. The molecule has 1 N–H and O–H groups in total. The molecule has 3 aromatic rings. The third-order valence-electron chi connectivity index (χ3n) is 6.28. The summed E-state index contributed by atoms with van der Waals surface area (Å²) in [5.41, 5.74) is 2.90. The molecule has 0 aliphatic carbocycles. The Morgan fingerprint density at radius 1 is 1.22 bits per heavy atom. The third kappa shape index (κ3) is 7.23. The van der Waals surface area contributed by atoms with Crippen LogP contribution in [0.1, 0.15) is 47.9 Å². The van der Waals surface area contributed by atoms with E-state index in [0.717, 1.165) is 52.6 Å². The van der Waals surface area contributed by atoms with Gasteiger partial charge in [-0.15, -0.1) is 11.3 Å². The summed E-state index contributed by atoms with van der Waals surface area (Å²) in [6.45, 7) is 4.89. The van der Waals surface area contributed by atoms with Crippen LogP contribution >= 0.6 is 23.1 Å². The van der Waals surface area contributed by atoms with Crippen LogP contribution in [0.5, 0.6) is 5.75 Å². The van der Waals surface area contributed by atoms with Crippen molar-refractivity contribution in [2.75, 3.05) is 6.61 Å². The number of fused-ring (bicyclic) bond motifs is 1. The first-order valence-electron chi connectivity index (χ1n) is 12.6. The van der Waals surface area contributed by atoms with Gasteiger partial charge in [0, 0.05) is 29.2 Å². The van der Waals surface area contributed by atoms with Crippen LogP contribution in [-0.2, 0) is 29.0 Å². The van der Waals surface area contributed by atoms with Gasteiger partial charge in [-0.05, 0) is 54.8 Å². The van der Waals surface area contributed by atoms with Crippen molar-refractivity contribution in [3.8, 4) is 5.75 Å². The number of carboxylic acid groups (broad SMARTS) is 1. The molecule has 194 valence electrons. The molecule has 0 bridgehead atoms. The molecule has 1 aromatic heterocycles. The number of aliphatic carboxylic acids is 1. The lowest BCUT2D eigenvalue weighted by Crippen LogP contribution is -2.48. The van der Waals surface area contributed by atoms with Crippen LogP contribution in [0.4, 0.5) is 0 Å². The molecule has 2 heterocycles. The topological polar surface area (TPSA) is 79.7 Å². The summed E-state index contributed by atoms with van der Waals surface area (Å²) >= 11 is 3.36. The number of hydrogen-bond acceptors (Lipinski definition) is 6. The Kier molecular flexibility index (Phi) is 9.41. The molecule has 6 nitrogen and oxygen atoms in total. The van der Waals surface area contributed by atoms with E-state index in [2.05, 4.69) is 19.1 Å². The Bertz CT molecular complexity index is 1260. The number of hydrogen-bond donors (Lipinski definition) is 1. The highest BCUT2D eigenvalue weighted by Crippen LogP contribution is 2.33. The van der Waals surface area contributed by atoms with Gasteiger partial charge in [0.05, 0.1) is 12.3 Å². The molecular weight excluding hydrogens is 504 g/mol. The van der Waals surface area contributed by atoms with Crippen molar-refractivity contribution in [3.63, 3.8) is 0 Å². The number of thiazole rings is 1. The third-order valence-corrected chi connectivity index (χ3v) is 8.57. The minimum absolute atomic E-state index is 0.258. The van der Waals surface area contributed by atoms with E-state index in [0.29, 0.717) is 13.0 Å². The van der Waals surface area contributed by atoms with Crippen molar-refractivity contribution in [3.05, 3.63) is 82.4 Å². The number of allylic oxidation sites excluding steroid dienone is 1. The molecule has 1 aliphatic heterocycles. The minimum Gasteiger partial charge on any atom is -0.493 e. The predicted molar refractivity (Wildman–Crippen MR) is 147 cm³/mol. The molecule has 4 rings (SSSR count). The van der Waals surface area contributed by atoms with E-state index in [4.69, 9.17) is 9.72 Å². The SMILES string of the molecule is CCCC/C=C/C(=O)N1Cc2cc(OCCc3sc(Sc4ccccc4)nc3C)ccc2C[C@H]1C(=O)O. The number of aromatic nitrogens is 1. The monoisotopic (exact) mass is 536 g/mol. The van der Waals surface area contributed by atoms with E-state index in [1.54, 1.807) is 23.1 Å². The molecule has 0 unspecified atom stereocenters. The quantitative estimate of drug-likeness (QED) is 0.229. The van der Waals surface area contributed by atoms with E-state index in [1.165, 1.54) is 20.7 Å². The van der Waals surface area contributed by atoms with Crippen LogP contribution in [0.25, 0.3) is 0 Å².